The van der Waals surface area contributed by atoms with Gasteiger partial charge in [-0.05, 0) is 36.4 Å². The molecule has 0 aliphatic carbocycles. The molecule has 2 aromatic carbocycles. The van der Waals surface area contributed by atoms with Gasteiger partial charge in [0, 0.05) is 0 Å². The van der Waals surface area contributed by atoms with E-state index in [4.69, 9.17) is 14.2 Å². The van der Waals surface area contributed by atoms with Crippen LogP contribution < -0.4 is 24.4 Å². The second-order valence-electron chi connectivity index (χ2n) is 5.67. The lowest BCUT2D eigenvalue weighted by molar-refractivity contribution is -0.133. The Bertz CT molecular complexity index is 776. The third-order valence-corrected chi connectivity index (χ3v) is 3.84. The smallest absolute Gasteiger partial charge is 0.331 e. The molecule has 0 saturated carbocycles. The van der Waals surface area contributed by atoms with Crippen molar-refractivity contribution >= 4 is 17.6 Å². The molecule has 0 aromatic heterocycles. The van der Waals surface area contributed by atoms with Crippen molar-refractivity contribution in [3.8, 4) is 17.2 Å². The molecule has 7 heteroatoms. The van der Waals surface area contributed by atoms with Crippen molar-refractivity contribution in [3.63, 3.8) is 0 Å². The lowest BCUT2D eigenvalue weighted by Crippen LogP contribution is -2.44. The van der Waals surface area contributed by atoms with Gasteiger partial charge in [-0.1, -0.05) is 12.1 Å². The van der Waals surface area contributed by atoms with E-state index < -0.39 is 0 Å². The first kappa shape index (κ1) is 17.6. The van der Waals surface area contributed by atoms with Gasteiger partial charge in [0.1, 0.15) is 24.7 Å². The van der Waals surface area contributed by atoms with Crippen LogP contribution in [0.3, 0.4) is 0 Å². The number of carbonyl (C=O) groups is 2. The molecule has 136 valence electrons. The molecule has 0 spiro atoms. The van der Waals surface area contributed by atoms with Gasteiger partial charge in [-0.2, -0.15) is 0 Å². The predicted octanol–water partition coefficient (Wildman–Crippen LogP) is 1.62. The number of carbonyl (C=O) groups excluding carboxylic acids is 2. The Balaban J connectivity index is 1.45. The van der Waals surface area contributed by atoms with Crippen molar-refractivity contribution in [2.75, 3.05) is 38.3 Å². The monoisotopic (exact) mass is 356 g/mol. The van der Waals surface area contributed by atoms with Crippen LogP contribution in [0.1, 0.15) is 0 Å². The van der Waals surface area contributed by atoms with Gasteiger partial charge in [0.25, 0.3) is 0 Å². The molecule has 0 fully saturated rings. The van der Waals surface area contributed by atoms with Crippen molar-refractivity contribution in [2.45, 2.75) is 0 Å². The molecular formula is C19H20N2O5. The van der Waals surface area contributed by atoms with E-state index in [1.54, 1.807) is 48.4 Å². The van der Waals surface area contributed by atoms with Crippen LogP contribution in [0.15, 0.2) is 48.5 Å². The molecule has 7 nitrogen and oxygen atoms in total. The second kappa shape index (κ2) is 8.24. The Morgan fingerprint density at radius 1 is 1.15 bits per heavy atom. The molecule has 0 bridgehead atoms. The maximum atomic E-state index is 12.1. The van der Waals surface area contributed by atoms with Crippen molar-refractivity contribution in [2.24, 2.45) is 0 Å². The van der Waals surface area contributed by atoms with Gasteiger partial charge in [-0.15, -0.1) is 0 Å². The summed E-state index contributed by atoms with van der Waals surface area (Å²) < 4.78 is 15.8. The zero-order chi connectivity index (χ0) is 18.4. The fraction of sp³-hybridized carbons (Fsp3) is 0.263. The van der Waals surface area contributed by atoms with Gasteiger partial charge in [0.05, 0.1) is 25.9 Å². The number of esters is 1. The van der Waals surface area contributed by atoms with E-state index in [0.717, 1.165) is 11.4 Å². The average molecular weight is 356 g/mol. The number of anilines is 1. The number of amides is 1. The van der Waals surface area contributed by atoms with Gasteiger partial charge < -0.3 is 24.4 Å². The van der Waals surface area contributed by atoms with Crippen molar-refractivity contribution < 1.29 is 23.8 Å². The SMILES string of the molecule is COc1ccc(OCCNC(=O)CN2CC(=O)Oc3ccccc32)cc1. The number of nitrogens with zero attached hydrogens (tertiary/aromatic N) is 1. The van der Waals surface area contributed by atoms with Crippen LogP contribution in [0.25, 0.3) is 0 Å². The number of para-hydroxylation sites is 2. The highest BCUT2D eigenvalue weighted by Gasteiger charge is 2.25. The fourth-order valence-corrected chi connectivity index (χ4v) is 2.60. The van der Waals surface area contributed by atoms with Gasteiger partial charge in [-0.25, -0.2) is 4.79 Å². The van der Waals surface area contributed by atoms with E-state index in [9.17, 15) is 9.59 Å². The summed E-state index contributed by atoms with van der Waals surface area (Å²) in [7, 11) is 1.60. The van der Waals surface area contributed by atoms with Crippen LogP contribution >= 0.6 is 0 Å². The number of ether oxygens (including phenoxy) is 3. The molecule has 3 rings (SSSR count). The first-order valence-electron chi connectivity index (χ1n) is 8.24. The van der Waals surface area contributed by atoms with E-state index >= 15 is 0 Å². The number of rotatable bonds is 7. The average Bonchev–Trinajstić information content (AvgIpc) is 2.65. The van der Waals surface area contributed by atoms with Crippen LogP contribution in [0.5, 0.6) is 17.2 Å². The number of nitrogens with one attached hydrogen (secondary N) is 1. The highest BCUT2D eigenvalue weighted by Crippen LogP contribution is 2.30. The van der Waals surface area contributed by atoms with Crippen LogP contribution in [-0.2, 0) is 9.59 Å². The maximum Gasteiger partial charge on any atom is 0.331 e. The molecular weight excluding hydrogens is 336 g/mol. The second-order valence-corrected chi connectivity index (χ2v) is 5.67. The Kier molecular flexibility index (Phi) is 5.58. The highest BCUT2D eigenvalue weighted by atomic mass is 16.5. The standard InChI is InChI=1S/C19H20N2O5/c1-24-14-6-8-15(9-7-14)25-11-10-20-18(22)12-21-13-19(23)26-17-5-3-2-4-16(17)21/h2-9H,10-13H2,1H3,(H,20,22). The molecule has 26 heavy (non-hydrogen) atoms. The Morgan fingerprint density at radius 3 is 2.65 bits per heavy atom. The lowest BCUT2D eigenvalue weighted by Gasteiger charge is -2.29. The van der Waals surface area contributed by atoms with Gasteiger partial charge in [0.15, 0.2) is 5.75 Å². The number of methoxy groups -OCH3 is 1. The molecule has 2 aromatic rings. The summed E-state index contributed by atoms with van der Waals surface area (Å²) in [6, 6.07) is 14.4. The molecule has 0 radical (unpaired) electrons. The largest absolute Gasteiger partial charge is 0.497 e. The number of fused-ring (bicyclic) bond motifs is 1. The first-order valence-corrected chi connectivity index (χ1v) is 8.24. The molecule has 1 aliphatic heterocycles. The van der Waals surface area contributed by atoms with Crippen molar-refractivity contribution in [1.29, 1.82) is 0 Å². The highest BCUT2D eigenvalue weighted by molar-refractivity contribution is 5.89. The molecule has 0 unspecified atom stereocenters. The summed E-state index contributed by atoms with van der Waals surface area (Å²) >= 11 is 0. The third kappa shape index (κ3) is 4.44. The van der Waals surface area contributed by atoms with Crippen LogP contribution in [-0.4, -0.2) is 45.2 Å². The number of hydrogen-bond donors (Lipinski definition) is 1. The Morgan fingerprint density at radius 2 is 1.88 bits per heavy atom. The normalized spacial score (nSPS) is 12.8. The topological polar surface area (TPSA) is 77.1 Å². The van der Waals surface area contributed by atoms with Gasteiger partial charge in [-0.3, -0.25) is 4.79 Å². The zero-order valence-corrected chi connectivity index (χ0v) is 14.4. The minimum atomic E-state index is -0.376. The molecule has 0 saturated heterocycles. The quantitative estimate of drug-likeness (QED) is 0.461. The van der Waals surface area contributed by atoms with E-state index in [2.05, 4.69) is 5.32 Å². The van der Waals surface area contributed by atoms with Crippen LogP contribution in [0.4, 0.5) is 5.69 Å². The summed E-state index contributed by atoms with van der Waals surface area (Å²) in [4.78, 5) is 25.5. The minimum absolute atomic E-state index is 0.0484. The van der Waals surface area contributed by atoms with Crippen molar-refractivity contribution in [1.82, 2.24) is 5.32 Å². The van der Waals surface area contributed by atoms with E-state index in [1.165, 1.54) is 0 Å². The maximum absolute atomic E-state index is 12.1. The zero-order valence-electron chi connectivity index (χ0n) is 14.4. The summed E-state index contributed by atoms with van der Waals surface area (Å²) in [6.45, 7) is 0.836. The van der Waals surface area contributed by atoms with E-state index in [-0.39, 0.29) is 25.0 Å². The number of hydrogen-bond acceptors (Lipinski definition) is 6. The number of benzene rings is 2. The summed E-state index contributed by atoms with van der Waals surface area (Å²) in [6.07, 6.45) is 0. The third-order valence-electron chi connectivity index (χ3n) is 3.84. The Hall–Kier alpha value is -3.22. The molecule has 0 atom stereocenters. The molecule has 1 N–H and O–H groups in total. The van der Waals surface area contributed by atoms with E-state index in [1.807, 2.05) is 12.1 Å². The molecule has 1 aliphatic rings. The Labute approximate surface area is 151 Å². The first-order chi connectivity index (χ1) is 12.7. The van der Waals surface area contributed by atoms with Crippen LogP contribution in [0, 0.1) is 0 Å². The summed E-state index contributed by atoms with van der Waals surface area (Å²) in [5.74, 6) is 1.37. The van der Waals surface area contributed by atoms with E-state index in [0.29, 0.717) is 24.7 Å². The fourth-order valence-electron chi connectivity index (χ4n) is 2.60. The van der Waals surface area contributed by atoms with Gasteiger partial charge >= 0.3 is 5.97 Å². The molecule has 1 amide bonds. The molecule has 1 heterocycles. The van der Waals surface area contributed by atoms with Crippen molar-refractivity contribution in [3.05, 3.63) is 48.5 Å². The van der Waals surface area contributed by atoms with Gasteiger partial charge in [0.2, 0.25) is 5.91 Å². The summed E-state index contributed by atoms with van der Waals surface area (Å²) in [5, 5.41) is 2.79. The lowest BCUT2D eigenvalue weighted by atomic mass is 10.2. The predicted molar refractivity (Wildman–Crippen MR) is 95.8 cm³/mol. The minimum Gasteiger partial charge on any atom is -0.497 e. The summed E-state index contributed by atoms with van der Waals surface area (Å²) in [5.41, 5.74) is 0.733. The van der Waals surface area contributed by atoms with Crippen LogP contribution in [0.2, 0.25) is 0 Å².